The minimum Gasteiger partial charge on any atom is -0.508 e. The predicted octanol–water partition coefficient (Wildman–Crippen LogP) is 5.43. The van der Waals surface area contributed by atoms with Crippen LogP contribution in [0.5, 0.6) is 17.2 Å². The number of aromatic hydroxyl groups is 1. The van der Waals surface area contributed by atoms with Crippen LogP contribution in [0.3, 0.4) is 0 Å². The van der Waals surface area contributed by atoms with Crippen LogP contribution in [-0.4, -0.2) is 10.9 Å². The fourth-order valence-electron chi connectivity index (χ4n) is 4.91. The molecule has 1 aliphatic heterocycles. The first-order valence-electron chi connectivity index (χ1n) is 9.56. The second-order valence-electron chi connectivity index (χ2n) is 7.45. The summed E-state index contributed by atoms with van der Waals surface area (Å²) in [5, 5.41) is 9.93. The zero-order chi connectivity index (χ0) is 19.6. The van der Waals surface area contributed by atoms with Crippen LogP contribution < -0.4 is 4.74 Å². The number of ether oxygens (including phenoxy) is 1. The van der Waals surface area contributed by atoms with Gasteiger partial charge in [-0.3, -0.25) is 4.79 Å². The number of benzene rings is 4. The Hall–Kier alpha value is -3.85. The molecule has 29 heavy (non-hydrogen) atoms. The standard InChI is InChI=1S/C26H16O3/c27-17-14-12-16(13-15-17)26-20-8-2-1-6-18(20)25(28)19-7-5-11-23(24(19)26)29-22-10-4-3-9-21(22)26/h1-15,27H. The van der Waals surface area contributed by atoms with Crippen molar-refractivity contribution in [2.24, 2.45) is 0 Å². The summed E-state index contributed by atoms with van der Waals surface area (Å²) in [7, 11) is 0. The molecule has 1 atom stereocenters. The molecule has 4 aromatic rings. The predicted molar refractivity (Wildman–Crippen MR) is 110 cm³/mol. The molecule has 1 heterocycles. The van der Waals surface area contributed by atoms with Crippen LogP contribution in [-0.2, 0) is 5.41 Å². The number of hydrogen-bond donors (Lipinski definition) is 1. The smallest absolute Gasteiger partial charge is 0.193 e. The van der Waals surface area contributed by atoms with E-state index in [-0.39, 0.29) is 11.5 Å². The summed E-state index contributed by atoms with van der Waals surface area (Å²) >= 11 is 0. The normalized spacial score (nSPS) is 18.3. The van der Waals surface area contributed by atoms with Crippen molar-refractivity contribution >= 4 is 5.78 Å². The van der Waals surface area contributed by atoms with Crippen molar-refractivity contribution in [2.45, 2.75) is 5.41 Å². The lowest BCUT2D eigenvalue weighted by molar-refractivity contribution is 0.103. The maximum atomic E-state index is 13.4. The maximum absolute atomic E-state index is 13.4. The first kappa shape index (κ1) is 16.1. The molecule has 1 N–H and O–H groups in total. The van der Waals surface area contributed by atoms with Gasteiger partial charge >= 0.3 is 0 Å². The topological polar surface area (TPSA) is 46.5 Å². The van der Waals surface area contributed by atoms with Gasteiger partial charge in [-0.1, -0.05) is 66.7 Å². The molecule has 3 nitrogen and oxygen atoms in total. The zero-order valence-corrected chi connectivity index (χ0v) is 15.4. The van der Waals surface area contributed by atoms with E-state index in [2.05, 4.69) is 6.07 Å². The number of rotatable bonds is 1. The minimum absolute atomic E-state index is 0.00911. The van der Waals surface area contributed by atoms with Gasteiger partial charge in [0.05, 0.1) is 5.41 Å². The van der Waals surface area contributed by atoms with E-state index in [1.807, 2.05) is 72.8 Å². The number of carbonyl (C=O) groups is 1. The fraction of sp³-hybridized carbons (Fsp3) is 0.0385. The van der Waals surface area contributed by atoms with Crippen molar-refractivity contribution in [1.82, 2.24) is 0 Å². The largest absolute Gasteiger partial charge is 0.508 e. The highest BCUT2D eigenvalue weighted by Gasteiger charge is 2.51. The van der Waals surface area contributed by atoms with Gasteiger partial charge in [-0.2, -0.15) is 0 Å². The van der Waals surface area contributed by atoms with E-state index in [0.717, 1.165) is 28.0 Å². The number of phenolic OH excluding ortho intramolecular Hbond substituents is 1. The van der Waals surface area contributed by atoms with Crippen molar-refractivity contribution in [3.05, 3.63) is 124 Å². The lowest BCUT2D eigenvalue weighted by atomic mass is 9.58. The molecule has 3 heteroatoms. The molecule has 0 radical (unpaired) electrons. The number of carbonyl (C=O) groups excluding carboxylic acids is 1. The van der Waals surface area contributed by atoms with Gasteiger partial charge in [0.1, 0.15) is 17.2 Å². The summed E-state index contributed by atoms with van der Waals surface area (Å²) in [5.74, 6) is 1.68. The molecular formula is C26H16O3. The Morgan fingerprint density at radius 2 is 1.31 bits per heavy atom. The maximum Gasteiger partial charge on any atom is 0.193 e. The zero-order valence-electron chi connectivity index (χ0n) is 15.4. The molecule has 1 aliphatic carbocycles. The number of phenols is 1. The van der Waals surface area contributed by atoms with Crippen LogP contribution in [0, 0.1) is 0 Å². The van der Waals surface area contributed by atoms with E-state index < -0.39 is 5.41 Å². The van der Waals surface area contributed by atoms with E-state index in [1.165, 1.54) is 0 Å². The van der Waals surface area contributed by atoms with Gasteiger partial charge < -0.3 is 9.84 Å². The molecule has 138 valence electrons. The number of hydrogen-bond acceptors (Lipinski definition) is 3. The molecule has 0 spiro atoms. The lowest BCUT2D eigenvalue weighted by Crippen LogP contribution is -2.40. The van der Waals surface area contributed by atoms with E-state index in [1.54, 1.807) is 12.1 Å². The molecule has 0 saturated carbocycles. The summed E-state index contributed by atoms with van der Waals surface area (Å²) in [5.41, 5.74) is 4.44. The summed E-state index contributed by atoms with van der Waals surface area (Å²) in [6.45, 7) is 0. The summed E-state index contributed by atoms with van der Waals surface area (Å²) in [6.07, 6.45) is 0. The Morgan fingerprint density at radius 3 is 2.14 bits per heavy atom. The fourth-order valence-corrected chi connectivity index (χ4v) is 4.91. The Labute approximate surface area is 167 Å². The Morgan fingerprint density at radius 1 is 0.655 bits per heavy atom. The molecular weight excluding hydrogens is 360 g/mol. The Kier molecular flexibility index (Phi) is 3.11. The van der Waals surface area contributed by atoms with Crippen LogP contribution in [0.4, 0.5) is 0 Å². The molecule has 6 rings (SSSR count). The number of ketones is 1. The first-order chi connectivity index (χ1) is 14.2. The van der Waals surface area contributed by atoms with Gasteiger partial charge in [0.15, 0.2) is 5.78 Å². The van der Waals surface area contributed by atoms with E-state index in [0.29, 0.717) is 16.9 Å². The van der Waals surface area contributed by atoms with Crippen molar-refractivity contribution in [2.75, 3.05) is 0 Å². The third-order valence-electron chi connectivity index (χ3n) is 6.03. The van der Waals surface area contributed by atoms with Crippen LogP contribution in [0.15, 0.2) is 91.0 Å². The summed E-state index contributed by atoms with van der Waals surface area (Å²) < 4.78 is 6.26. The highest BCUT2D eigenvalue weighted by atomic mass is 16.5. The molecule has 4 aromatic carbocycles. The van der Waals surface area contributed by atoms with Crippen LogP contribution in [0.25, 0.3) is 0 Å². The quantitative estimate of drug-likeness (QED) is 0.416. The van der Waals surface area contributed by atoms with Crippen LogP contribution >= 0.6 is 0 Å². The molecule has 0 saturated heterocycles. The average Bonchev–Trinajstić information content (AvgIpc) is 2.77. The van der Waals surface area contributed by atoms with Crippen molar-refractivity contribution in [1.29, 1.82) is 0 Å². The number of para-hydroxylation sites is 1. The van der Waals surface area contributed by atoms with Crippen LogP contribution in [0.2, 0.25) is 0 Å². The molecule has 2 aliphatic rings. The lowest BCUT2D eigenvalue weighted by Gasteiger charge is -2.45. The molecule has 0 amide bonds. The second-order valence-corrected chi connectivity index (χ2v) is 7.45. The third-order valence-corrected chi connectivity index (χ3v) is 6.03. The van der Waals surface area contributed by atoms with Gasteiger partial charge in [-0.25, -0.2) is 0 Å². The Bertz CT molecular complexity index is 1300. The van der Waals surface area contributed by atoms with Crippen molar-refractivity contribution in [3.63, 3.8) is 0 Å². The average molecular weight is 376 g/mol. The van der Waals surface area contributed by atoms with Crippen molar-refractivity contribution < 1.29 is 14.6 Å². The Balaban J connectivity index is 1.87. The SMILES string of the molecule is O=C1c2ccccc2C2(c3ccc(O)cc3)c3ccccc3Oc3cccc1c32. The number of fused-ring (bicyclic) bond motifs is 4. The molecule has 1 unspecified atom stereocenters. The van der Waals surface area contributed by atoms with E-state index in [9.17, 15) is 9.90 Å². The van der Waals surface area contributed by atoms with Crippen molar-refractivity contribution in [3.8, 4) is 17.2 Å². The summed E-state index contributed by atoms with van der Waals surface area (Å²) in [6, 6.07) is 28.7. The van der Waals surface area contributed by atoms with Gasteiger partial charge in [0, 0.05) is 22.3 Å². The van der Waals surface area contributed by atoms with Crippen LogP contribution in [0.1, 0.15) is 38.2 Å². The van der Waals surface area contributed by atoms with E-state index >= 15 is 0 Å². The highest BCUT2D eigenvalue weighted by molar-refractivity contribution is 6.14. The summed E-state index contributed by atoms with van der Waals surface area (Å²) in [4.78, 5) is 13.4. The molecule has 0 bridgehead atoms. The highest BCUT2D eigenvalue weighted by Crippen LogP contribution is 2.59. The first-order valence-corrected chi connectivity index (χ1v) is 9.56. The van der Waals surface area contributed by atoms with Gasteiger partial charge in [0.25, 0.3) is 0 Å². The van der Waals surface area contributed by atoms with Gasteiger partial charge in [-0.05, 0) is 35.4 Å². The molecule has 0 fully saturated rings. The second kappa shape index (κ2) is 5.58. The van der Waals surface area contributed by atoms with E-state index in [4.69, 9.17) is 4.74 Å². The van der Waals surface area contributed by atoms with Gasteiger partial charge in [-0.15, -0.1) is 0 Å². The molecule has 0 aromatic heterocycles. The third kappa shape index (κ3) is 1.94. The minimum atomic E-state index is -0.695. The van der Waals surface area contributed by atoms with Gasteiger partial charge in [0.2, 0.25) is 0 Å². The monoisotopic (exact) mass is 376 g/mol.